The first-order valence-electron chi connectivity index (χ1n) is 6.74. The minimum absolute atomic E-state index is 0.224. The fourth-order valence-electron chi connectivity index (χ4n) is 2.03. The zero-order valence-electron chi connectivity index (χ0n) is 11.6. The summed E-state index contributed by atoms with van der Waals surface area (Å²) < 4.78 is 15.4. The Labute approximate surface area is 126 Å². The first-order valence-corrected chi connectivity index (χ1v) is 7.56. The van der Waals surface area contributed by atoms with Crippen LogP contribution in [0.5, 0.6) is 0 Å². The molecule has 2 heterocycles. The third-order valence-corrected chi connectivity index (χ3v) is 4.15. The van der Waals surface area contributed by atoms with E-state index in [0.29, 0.717) is 6.54 Å². The largest absolute Gasteiger partial charge is 0.313 e. The van der Waals surface area contributed by atoms with Crippen LogP contribution in [-0.4, -0.2) is 21.1 Å². The van der Waals surface area contributed by atoms with Crippen LogP contribution in [0.4, 0.5) is 4.39 Å². The standard InChI is InChI=1S/C15H15FN4S/c1-2-17-10-11-9-12(16)6-7-13(11)21-15-19-18-14-5-3-4-8-20(14)15/h3-9,17H,2,10H2,1H3. The summed E-state index contributed by atoms with van der Waals surface area (Å²) in [4.78, 5) is 0.982. The molecule has 0 radical (unpaired) electrons. The predicted octanol–water partition coefficient (Wildman–Crippen LogP) is 3.13. The molecule has 0 aliphatic heterocycles. The van der Waals surface area contributed by atoms with Crippen LogP contribution in [0.3, 0.4) is 0 Å². The van der Waals surface area contributed by atoms with E-state index in [4.69, 9.17) is 0 Å². The third-order valence-electron chi connectivity index (χ3n) is 3.07. The van der Waals surface area contributed by atoms with Gasteiger partial charge in [0.25, 0.3) is 0 Å². The molecule has 0 aliphatic rings. The lowest BCUT2D eigenvalue weighted by molar-refractivity contribution is 0.619. The minimum atomic E-state index is -0.224. The Morgan fingerprint density at radius 1 is 1.24 bits per heavy atom. The van der Waals surface area contributed by atoms with E-state index in [1.165, 1.54) is 17.8 Å². The molecule has 6 heteroatoms. The summed E-state index contributed by atoms with van der Waals surface area (Å²) in [6.07, 6.45) is 1.92. The van der Waals surface area contributed by atoms with Gasteiger partial charge in [-0.1, -0.05) is 13.0 Å². The van der Waals surface area contributed by atoms with Crippen LogP contribution >= 0.6 is 11.8 Å². The van der Waals surface area contributed by atoms with Crippen molar-refractivity contribution in [1.29, 1.82) is 0 Å². The van der Waals surface area contributed by atoms with E-state index in [1.807, 2.05) is 35.7 Å². The third kappa shape index (κ3) is 3.06. The maximum absolute atomic E-state index is 13.4. The van der Waals surface area contributed by atoms with Gasteiger partial charge >= 0.3 is 0 Å². The Balaban J connectivity index is 1.93. The van der Waals surface area contributed by atoms with Crippen molar-refractivity contribution in [3.63, 3.8) is 0 Å². The Morgan fingerprint density at radius 3 is 3.00 bits per heavy atom. The van der Waals surface area contributed by atoms with Crippen LogP contribution in [0.1, 0.15) is 12.5 Å². The van der Waals surface area contributed by atoms with E-state index < -0.39 is 0 Å². The number of hydrogen-bond acceptors (Lipinski definition) is 4. The van der Waals surface area contributed by atoms with Crippen molar-refractivity contribution in [2.24, 2.45) is 0 Å². The average molecular weight is 302 g/mol. The van der Waals surface area contributed by atoms with Gasteiger partial charge in [-0.05, 0) is 54.2 Å². The Bertz CT molecular complexity index is 756. The maximum Gasteiger partial charge on any atom is 0.200 e. The van der Waals surface area contributed by atoms with Crippen molar-refractivity contribution < 1.29 is 4.39 Å². The molecule has 0 spiro atoms. The molecule has 0 atom stereocenters. The second-order valence-electron chi connectivity index (χ2n) is 4.55. The molecule has 3 rings (SSSR count). The van der Waals surface area contributed by atoms with Crippen LogP contribution in [0, 0.1) is 5.82 Å². The normalized spacial score (nSPS) is 11.1. The summed E-state index contributed by atoms with van der Waals surface area (Å²) in [5.41, 5.74) is 1.73. The molecule has 0 saturated carbocycles. The van der Waals surface area contributed by atoms with Crippen molar-refractivity contribution in [1.82, 2.24) is 19.9 Å². The van der Waals surface area contributed by atoms with Crippen LogP contribution in [0.25, 0.3) is 5.65 Å². The molecule has 108 valence electrons. The maximum atomic E-state index is 13.4. The molecule has 0 fully saturated rings. The van der Waals surface area contributed by atoms with E-state index in [1.54, 1.807) is 12.1 Å². The van der Waals surface area contributed by atoms with Gasteiger partial charge in [-0.3, -0.25) is 4.40 Å². The van der Waals surface area contributed by atoms with E-state index in [9.17, 15) is 4.39 Å². The zero-order valence-corrected chi connectivity index (χ0v) is 12.4. The molecule has 21 heavy (non-hydrogen) atoms. The lowest BCUT2D eigenvalue weighted by atomic mass is 10.2. The highest BCUT2D eigenvalue weighted by Gasteiger charge is 2.10. The molecule has 1 N–H and O–H groups in total. The Hall–Kier alpha value is -1.92. The number of halogens is 1. The molecule has 0 aliphatic carbocycles. The number of nitrogens with one attached hydrogen (secondary N) is 1. The van der Waals surface area contributed by atoms with E-state index in [-0.39, 0.29) is 5.82 Å². The van der Waals surface area contributed by atoms with E-state index in [2.05, 4.69) is 15.5 Å². The summed E-state index contributed by atoms with van der Waals surface area (Å²) in [7, 11) is 0. The lowest BCUT2D eigenvalue weighted by Gasteiger charge is -2.09. The van der Waals surface area contributed by atoms with Crippen LogP contribution in [-0.2, 0) is 6.54 Å². The van der Waals surface area contributed by atoms with E-state index >= 15 is 0 Å². The number of pyridine rings is 1. The van der Waals surface area contributed by atoms with Gasteiger partial charge in [0.1, 0.15) is 5.82 Å². The molecular formula is C15H15FN4S. The monoisotopic (exact) mass is 302 g/mol. The Kier molecular flexibility index (Phi) is 4.17. The number of rotatable bonds is 5. The summed E-state index contributed by atoms with van der Waals surface area (Å²) in [5.74, 6) is -0.224. The Morgan fingerprint density at radius 2 is 2.14 bits per heavy atom. The van der Waals surface area contributed by atoms with Gasteiger partial charge in [0.05, 0.1) is 0 Å². The molecule has 0 amide bonds. The van der Waals surface area contributed by atoms with Gasteiger partial charge in [0, 0.05) is 17.6 Å². The van der Waals surface area contributed by atoms with Gasteiger partial charge in [-0.15, -0.1) is 10.2 Å². The van der Waals surface area contributed by atoms with Crippen molar-refractivity contribution in [3.05, 3.63) is 54.0 Å². The minimum Gasteiger partial charge on any atom is -0.313 e. The highest BCUT2D eigenvalue weighted by molar-refractivity contribution is 7.99. The summed E-state index contributed by atoms with van der Waals surface area (Å²) in [6.45, 7) is 3.50. The summed E-state index contributed by atoms with van der Waals surface area (Å²) in [5, 5.41) is 12.3. The molecule has 3 aromatic rings. The molecule has 0 saturated heterocycles. The summed E-state index contributed by atoms with van der Waals surface area (Å²) >= 11 is 1.49. The van der Waals surface area contributed by atoms with Crippen LogP contribution in [0.2, 0.25) is 0 Å². The first-order chi connectivity index (χ1) is 10.3. The number of hydrogen-bond donors (Lipinski definition) is 1. The number of nitrogens with zero attached hydrogens (tertiary/aromatic N) is 3. The molecular weight excluding hydrogens is 287 g/mol. The predicted molar refractivity (Wildman–Crippen MR) is 80.9 cm³/mol. The van der Waals surface area contributed by atoms with Gasteiger partial charge in [0.15, 0.2) is 10.8 Å². The fourth-order valence-corrected chi connectivity index (χ4v) is 2.96. The van der Waals surface area contributed by atoms with Crippen molar-refractivity contribution in [2.45, 2.75) is 23.5 Å². The molecule has 4 nitrogen and oxygen atoms in total. The van der Waals surface area contributed by atoms with Crippen LogP contribution < -0.4 is 5.32 Å². The second kappa shape index (κ2) is 6.24. The molecule has 1 aromatic carbocycles. The highest BCUT2D eigenvalue weighted by Crippen LogP contribution is 2.30. The lowest BCUT2D eigenvalue weighted by Crippen LogP contribution is -2.12. The zero-order chi connectivity index (χ0) is 14.7. The quantitative estimate of drug-likeness (QED) is 0.786. The van der Waals surface area contributed by atoms with Crippen molar-refractivity contribution in [2.75, 3.05) is 6.54 Å². The van der Waals surface area contributed by atoms with Gasteiger partial charge in [-0.2, -0.15) is 0 Å². The topological polar surface area (TPSA) is 42.2 Å². The SMILES string of the molecule is CCNCc1cc(F)ccc1Sc1nnc2ccccn12. The highest BCUT2D eigenvalue weighted by atomic mass is 32.2. The number of benzene rings is 1. The van der Waals surface area contributed by atoms with Crippen molar-refractivity contribution in [3.8, 4) is 0 Å². The molecule has 0 bridgehead atoms. The first kappa shape index (κ1) is 14.0. The van der Waals surface area contributed by atoms with Gasteiger partial charge in [0.2, 0.25) is 0 Å². The van der Waals surface area contributed by atoms with Gasteiger partial charge in [-0.25, -0.2) is 4.39 Å². The second-order valence-corrected chi connectivity index (χ2v) is 5.55. The van der Waals surface area contributed by atoms with Gasteiger partial charge < -0.3 is 5.32 Å². The molecule has 2 aromatic heterocycles. The average Bonchev–Trinajstić information content (AvgIpc) is 2.91. The fraction of sp³-hybridized carbons (Fsp3) is 0.200. The number of fused-ring (bicyclic) bond motifs is 1. The summed E-state index contributed by atoms with van der Waals surface area (Å²) in [6, 6.07) is 10.6. The number of aromatic nitrogens is 3. The molecule has 0 unspecified atom stereocenters. The van der Waals surface area contributed by atoms with E-state index in [0.717, 1.165) is 27.8 Å². The van der Waals surface area contributed by atoms with Crippen molar-refractivity contribution >= 4 is 17.4 Å². The van der Waals surface area contributed by atoms with Crippen LogP contribution in [0.15, 0.2) is 52.6 Å². The smallest absolute Gasteiger partial charge is 0.200 e.